The maximum atomic E-state index is 13.7. The second-order valence-electron chi connectivity index (χ2n) is 4.81. The second kappa shape index (κ2) is 5.35. The quantitative estimate of drug-likeness (QED) is 0.917. The molecule has 0 aromatic heterocycles. The Kier molecular flexibility index (Phi) is 3.58. The molecule has 2 N–H and O–H groups in total. The van der Waals surface area contributed by atoms with Crippen LogP contribution >= 0.6 is 11.8 Å². The zero-order valence-electron chi connectivity index (χ0n) is 10.7. The minimum absolute atomic E-state index is 0.214. The molecule has 0 spiro atoms. The van der Waals surface area contributed by atoms with Crippen molar-refractivity contribution in [2.24, 2.45) is 5.73 Å². The van der Waals surface area contributed by atoms with Crippen LogP contribution in [0.4, 0.5) is 4.39 Å². The van der Waals surface area contributed by atoms with E-state index in [1.54, 1.807) is 17.8 Å². The van der Waals surface area contributed by atoms with Crippen LogP contribution in [0.3, 0.4) is 0 Å². The van der Waals surface area contributed by atoms with Gasteiger partial charge >= 0.3 is 0 Å². The van der Waals surface area contributed by atoms with Crippen LogP contribution in [0.1, 0.15) is 23.1 Å². The summed E-state index contributed by atoms with van der Waals surface area (Å²) in [5, 5.41) is 0. The zero-order valence-corrected chi connectivity index (χ0v) is 11.5. The minimum Gasteiger partial charge on any atom is -0.326 e. The minimum atomic E-state index is -0.214. The highest BCUT2D eigenvalue weighted by atomic mass is 32.2. The van der Waals surface area contributed by atoms with Crippen LogP contribution in [0, 0.1) is 5.82 Å². The van der Waals surface area contributed by atoms with Crippen LogP contribution in [-0.2, 0) is 19.4 Å². The molecule has 0 fully saturated rings. The van der Waals surface area contributed by atoms with Crippen LogP contribution in [0.5, 0.6) is 0 Å². The Morgan fingerprint density at radius 2 is 1.95 bits per heavy atom. The van der Waals surface area contributed by atoms with Crippen LogP contribution in [0.25, 0.3) is 0 Å². The fourth-order valence-electron chi connectivity index (χ4n) is 2.57. The third-order valence-corrected chi connectivity index (χ3v) is 4.67. The Morgan fingerprint density at radius 1 is 1.11 bits per heavy atom. The standard InChI is InChI=1S/C16H16FNS/c17-15-5-2-6-16(14(15)10-18)19-13-8-7-11-3-1-4-12(11)9-13/h2,5-9H,1,3-4,10,18H2. The molecular formula is C16H16FNS. The van der Waals surface area contributed by atoms with E-state index >= 15 is 0 Å². The SMILES string of the molecule is NCc1c(F)cccc1Sc1ccc2c(c1)CCC2. The van der Waals surface area contributed by atoms with Gasteiger partial charge < -0.3 is 5.73 Å². The molecular weight excluding hydrogens is 257 g/mol. The number of nitrogens with two attached hydrogens (primary N) is 1. The van der Waals surface area contributed by atoms with Gasteiger partial charge in [-0.1, -0.05) is 23.9 Å². The summed E-state index contributed by atoms with van der Waals surface area (Å²) in [6, 6.07) is 11.7. The van der Waals surface area contributed by atoms with Crippen LogP contribution in [0.15, 0.2) is 46.2 Å². The molecule has 0 atom stereocenters. The molecule has 2 aromatic carbocycles. The van der Waals surface area contributed by atoms with Gasteiger partial charge in [-0.05, 0) is 54.7 Å². The third-order valence-electron chi connectivity index (χ3n) is 3.58. The lowest BCUT2D eigenvalue weighted by Gasteiger charge is -2.09. The highest BCUT2D eigenvalue weighted by molar-refractivity contribution is 7.99. The highest BCUT2D eigenvalue weighted by Gasteiger charge is 2.13. The number of fused-ring (bicyclic) bond motifs is 1. The lowest BCUT2D eigenvalue weighted by Crippen LogP contribution is -2.01. The molecule has 0 amide bonds. The van der Waals surface area contributed by atoms with Crippen molar-refractivity contribution in [1.82, 2.24) is 0 Å². The van der Waals surface area contributed by atoms with Crippen LogP contribution in [0.2, 0.25) is 0 Å². The van der Waals surface area contributed by atoms with Gasteiger partial charge in [0.05, 0.1) is 0 Å². The Bertz CT molecular complexity index is 610. The van der Waals surface area contributed by atoms with Crippen molar-refractivity contribution in [3.63, 3.8) is 0 Å². The topological polar surface area (TPSA) is 26.0 Å². The summed E-state index contributed by atoms with van der Waals surface area (Å²) < 4.78 is 13.7. The van der Waals surface area contributed by atoms with Gasteiger partial charge in [0.25, 0.3) is 0 Å². The van der Waals surface area contributed by atoms with Crippen molar-refractivity contribution < 1.29 is 4.39 Å². The average Bonchev–Trinajstić information content (AvgIpc) is 2.86. The Balaban J connectivity index is 1.91. The molecule has 0 radical (unpaired) electrons. The van der Waals surface area contributed by atoms with Crippen molar-refractivity contribution >= 4 is 11.8 Å². The Labute approximate surface area is 117 Å². The lowest BCUT2D eigenvalue weighted by molar-refractivity contribution is 0.604. The molecule has 1 aliphatic carbocycles. The zero-order chi connectivity index (χ0) is 13.2. The Morgan fingerprint density at radius 3 is 2.79 bits per heavy atom. The summed E-state index contributed by atoms with van der Waals surface area (Å²) in [6.07, 6.45) is 3.60. The summed E-state index contributed by atoms with van der Waals surface area (Å²) in [6.45, 7) is 0.236. The molecule has 1 aliphatic rings. The van der Waals surface area contributed by atoms with E-state index in [1.165, 1.54) is 34.9 Å². The van der Waals surface area contributed by atoms with E-state index in [2.05, 4.69) is 18.2 Å². The molecule has 19 heavy (non-hydrogen) atoms. The summed E-state index contributed by atoms with van der Waals surface area (Å²) in [5.41, 5.74) is 9.15. The second-order valence-corrected chi connectivity index (χ2v) is 5.92. The number of hydrogen-bond donors (Lipinski definition) is 1. The van der Waals surface area contributed by atoms with E-state index in [0.29, 0.717) is 5.56 Å². The number of aryl methyl sites for hydroxylation is 2. The predicted molar refractivity (Wildman–Crippen MR) is 76.9 cm³/mol. The molecule has 3 rings (SSSR count). The molecule has 0 saturated carbocycles. The van der Waals surface area contributed by atoms with Crippen molar-refractivity contribution in [2.45, 2.75) is 35.6 Å². The first-order valence-electron chi connectivity index (χ1n) is 6.55. The summed E-state index contributed by atoms with van der Waals surface area (Å²) in [5.74, 6) is -0.214. The number of hydrogen-bond acceptors (Lipinski definition) is 2. The average molecular weight is 273 g/mol. The third kappa shape index (κ3) is 2.53. The maximum Gasteiger partial charge on any atom is 0.128 e. The van der Waals surface area contributed by atoms with E-state index in [9.17, 15) is 4.39 Å². The molecule has 0 heterocycles. The largest absolute Gasteiger partial charge is 0.326 e. The fraction of sp³-hybridized carbons (Fsp3) is 0.250. The van der Waals surface area contributed by atoms with Gasteiger partial charge in [0, 0.05) is 21.9 Å². The van der Waals surface area contributed by atoms with E-state index in [4.69, 9.17) is 5.73 Å². The van der Waals surface area contributed by atoms with E-state index in [-0.39, 0.29) is 12.4 Å². The Hall–Kier alpha value is -1.32. The van der Waals surface area contributed by atoms with E-state index in [0.717, 1.165) is 11.3 Å². The van der Waals surface area contributed by atoms with Crippen molar-refractivity contribution in [3.05, 3.63) is 58.9 Å². The molecule has 0 saturated heterocycles. The van der Waals surface area contributed by atoms with Gasteiger partial charge in [0.15, 0.2) is 0 Å². The molecule has 0 aliphatic heterocycles. The first-order chi connectivity index (χ1) is 9.28. The lowest BCUT2D eigenvalue weighted by atomic mass is 10.1. The monoisotopic (exact) mass is 273 g/mol. The summed E-state index contributed by atoms with van der Waals surface area (Å²) in [7, 11) is 0. The molecule has 3 heteroatoms. The van der Waals surface area contributed by atoms with Gasteiger partial charge in [0.1, 0.15) is 5.82 Å². The van der Waals surface area contributed by atoms with Gasteiger partial charge in [0.2, 0.25) is 0 Å². The van der Waals surface area contributed by atoms with E-state index in [1.807, 2.05) is 6.07 Å². The first-order valence-corrected chi connectivity index (χ1v) is 7.36. The van der Waals surface area contributed by atoms with Crippen molar-refractivity contribution in [2.75, 3.05) is 0 Å². The summed E-state index contributed by atoms with van der Waals surface area (Å²) >= 11 is 1.60. The smallest absolute Gasteiger partial charge is 0.128 e. The van der Waals surface area contributed by atoms with Crippen LogP contribution in [-0.4, -0.2) is 0 Å². The maximum absolute atomic E-state index is 13.7. The van der Waals surface area contributed by atoms with Gasteiger partial charge in [-0.3, -0.25) is 0 Å². The first kappa shape index (κ1) is 12.7. The van der Waals surface area contributed by atoms with Gasteiger partial charge in [-0.15, -0.1) is 0 Å². The van der Waals surface area contributed by atoms with Gasteiger partial charge in [-0.25, -0.2) is 4.39 Å². The normalized spacial score (nSPS) is 13.6. The molecule has 98 valence electrons. The molecule has 2 aromatic rings. The number of benzene rings is 2. The molecule has 0 unspecified atom stereocenters. The number of rotatable bonds is 3. The fourth-order valence-corrected chi connectivity index (χ4v) is 3.61. The van der Waals surface area contributed by atoms with Gasteiger partial charge in [-0.2, -0.15) is 0 Å². The predicted octanol–water partition coefficient (Wildman–Crippen LogP) is 3.92. The number of halogens is 1. The van der Waals surface area contributed by atoms with E-state index < -0.39 is 0 Å². The van der Waals surface area contributed by atoms with Crippen LogP contribution < -0.4 is 5.73 Å². The van der Waals surface area contributed by atoms with Crippen molar-refractivity contribution in [1.29, 1.82) is 0 Å². The highest BCUT2D eigenvalue weighted by Crippen LogP contribution is 2.34. The summed E-state index contributed by atoms with van der Waals surface area (Å²) in [4.78, 5) is 2.08. The molecule has 0 bridgehead atoms. The molecule has 1 nitrogen and oxygen atoms in total. The van der Waals surface area contributed by atoms with Crippen molar-refractivity contribution in [3.8, 4) is 0 Å².